The summed E-state index contributed by atoms with van der Waals surface area (Å²) in [5.41, 5.74) is 2.88. The molecular formula is C16H26. The molecule has 0 N–H and O–H groups in total. The summed E-state index contributed by atoms with van der Waals surface area (Å²) in [4.78, 5) is 0. The Morgan fingerprint density at radius 1 is 1.19 bits per heavy atom. The molecule has 0 radical (unpaired) electrons. The predicted molar refractivity (Wildman–Crippen MR) is 76.8 cm³/mol. The highest BCUT2D eigenvalue weighted by molar-refractivity contribution is 5.22. The Balaban J connectivity index is 0. The van der Waals surface area contributed by atoms with Crippen molar-refractivity contribution in [2.24, 2.45) is 0 Å². The minimum atomic E-state index is 1.19. The van der Waals surface area contributed by atoms with E-state index in [1.54, 1.807) is 5.57 Å². The Bertz CT molecular complexity index is 313. The van der Waals surface area contributed by atoms with Crippen LogP contribution in [-0.4, -0.2) is 0 Å². The van der Waals surface area contributed by atoms with Crippen LogP contribution in [0.2, 0.25) is 0 Å². The fraction of sp³-hybridized carbons (Fsp3) is 0.375. The summed E-state index contributed by atoms with van der Waals surface area (Å²) in [6, 6.07) is 10.3. The van der Waals surface area contributed by atoms with Gasteiger partial charge in [0.25, 0.3) is 0 Å². The summed E-state index contributed by atoms with van der Waals surface area (Å²) >= 11 is 0. The molecule has 0 atom stereocenters. The van der Waals surface area contributed by atoms with Gasteiger partial charge in [0.2, 0.25) is 0 Å². The first-order chi connectivity index (χ1) is 8.83. The topological polar surface area (TPSA) is 0 Å². The molecule has 0 heteroatoms. The average molecular weight is 220 g/mol. The van der Waals surface area contributed by atoms with Crippen LogP contribution < -0.4 is 0 Å². The van der Waals surface area contributed by atoms with Crippen LogP contribution in [0, 0.1) is 6.92 Å². The van der Waals surface area contributed by atoms with E-state index < -0.39 is 0 Å². The van der Waals surface area contributed by atoms with Crippen LogP contribution in [0.25, 0.3) is 0 Å². The lowest BCUT2D eigenvalue weighted by molar-refractivity contribution is 1.05. The first-order valence-electron chi connectivity index (χ1n) is 7.19. The van der Waals surface area contributed by atoms with Crippen LogP contribution >= 0.6 is 0 Å². The maximum atomic E-state index is 5.00. The highest BCUT2D eigenvalue weighted by Crippen LogP contribution is 2.12. The van der Waals surface area contributed by atoms with Crippen molar-refractivity contribution < 1.29 is 2.97 Å². The van der Waals surface area contributed by atoms with E-state index in [0.29, 0.717) is 0 Å². The van der Waals surface area contributed by atoms with Crippen molar-refractivity contribution in [2.45, 2.75) is 40.5 Å². The molecule has 0 bridgehead atoms. The fourth-order valence-corrected chi connectivity index (χ4v) is 1.29. The second-order valence-corrected chi connectivity index (χ2v) is 3.47. The quantitative estimate of drug-likeness (QED) is 0.582. The highest BCUT2D eigenvalue weighted by Gasteiger charge is 1.91. The van der Waals surface area contributed by atoms with Crippen LogP contribution in [0.3, 0.4) is 0 Å². The second-order valence-electron chi connectivity index (χ2n) is 3.47. The van der Waals surface area contributed by atoms with Crippen LogP contribution in [0.4, 0.5) is 0 Å². The Morgan fingerprint density at radius 3 is 2.06 bits per heavy atom. The van der Waals surface area contributed by atoms with Crippen molar-refractivity contribution in [3.05, 3.63) is 59.7 Å². The van der Waals surface area contributed by atoms with E-state index in [1.165, 1.54) is 18.4 Å². The lowest BCUT2D eigenvalue weighted by Crippen LogP contribution is -1.68. The third-order valence-electron chi connectivity index (χ3n) is 2.24. The molecule has 0 spiro atoms. The van der Waals surface area contributed by atoms with Crippen molar-refractivity contribution in [1.29, 1.82) is 0 Å². The molecule has 0 heterocycles. The molecule has 90 valence electrons. The Hall–Kier alpha value is -1.30. The Kier molecular flexibility index (Phi) is 8.16. The lowest BCUT2D eigenvalue weighted by atomic mass is 10.2. The lowest BCUT2D eigenvalue weighted by Gasteiger charge is -1.88. The molecule has 0 unspecified atom stereocenters. The molecule has 0 aliphatic heterocycles. The van der Waals surface area contributed by atoms with Crippen molar-refractivity contribution >= 4 is 0 Å². The molecule has 2 rings (SSSR count). The van der Waals surface area contributed by atoms with Gasteiger partial charge in [-0.25, -0.2) is 0 Å². The molecule has 0 fully saturated rings. The molecule has 0 nitrogen and oxygen atoms in total. The fourth-order valence-electron chi connectivity index (χ4n) is 1.29. The number of hydrogen-bond acceptors (Lipinski definition) is 0. The van der Waals surface area contributed by atoms with E-state index in [4.69, 9.17) is 2.97 Å². The predicted octanol–water partition coefficient (Wildman–Crippen LogP) is 5.55. The molecule has 1 aromatic rings. The summed E-state index contributed by atoms with van der Waals surface area (Å²) in [5, 5.41) is 0. The van der Waals surface area contributed by atoms with Gasteiger partial charge in [-0.1, -0.05) is 80.5 Å². The van der Waals surface area contributed by atoms with E-state index >= 15 is 0 Å². The largest absolute Gasteiger partial charge is 0.0805 e. The van der Waals surface area contributed by atoms with Gasteiger partial charge in [0.15, 0.2) is 0 Å². The summed E-state index contributed by atoms with van der Waals surface area (Å²) in [7, 11) is 0. The van der Waals surface area contributed by atoms with Gasteiger partial charge in [0, 0.05) is 2.97 Å². The molecule has 1 aliphatic carbocycles. The van der Waals surface area contributed by atoms with Crippen molar-refractivity contribution in [3.63, 3.8) is 0 Å². The molecule has 16 heavy (non-hydrogen) atoms. The SMILES string of the molecule is CC.CCC1=CC=CC1.Cc1ccccc1.[2H][2H]. The second kappa shape index (κ2) is 10.2. The number of hydrogen-bond donors (Lipinski definition) is 0. The van der Waals surface area contributed by atoms with Crippen LogP contribution in [0.1, 0.15) is 42.1 Å². The number of rotatable bonds is 1. The molecule has 0 amide bonds. The summed E-state index contributed by atoms with van der Waals surface area (Å²) < 4.78 is 10.0. The van der Waals surface area contributed by atoms with Gasteiger partial charge in [-0.15, -0.1) is 0 Å². The van der Waals surface area contributed by atoms with Gasteiger partial charge in [0.1, 0.15) is 0 Å². The smallest absolute Gasteiger partial charge is 0 e. The van der Waals surface area contributed by atoms with Crippen molar-refractivity contribution in [3.8, 4) is 0 Å². The summed E-state index contributed by atoms with van der Waals surface area (Å²) in [6.45, 7) is 8.28. The van der Waals surface area contributed by atoms with E-state index in [0.717, 1.165) is 0 Å². The van der Waals surface area contributed by atoms with Crippen LogP contribution in [0.5, 0.6) is 0 Å². The van der Waals surface area contributed by atoms with Gasteiger partial charge in [-0.2, -0.15) is 0 Å². The zero-order valence-corrected chi connectivity index (χ0v) is 11.0. The molecule has 0 saturated heterocycles. The maximum absolute atomic E-state index is 5.00. The van der Waals surface area contributed by atoms with Crippen molar-refractivity contribution in [2.75, 3.05) is 0 Å². The minimum Gasteiger partial charge on any atom is -0.0805 e. The van der Waals surface area contributed by atoms with Gasteiger partial charge >= 0.3 is 0 Å². The normalized spacial score (nSPS) is 12.4. The van der Waals surface area contributed by atoms with Gasteiger partial charge in [0.05, 0.1) is 0 Å². The third kappa shape index (κ3) is 7.05. The standard InChI is InChI=1S/C7H8.C7H10.C2H6.H2/c1-7-5-3-2-4-6-7;1-2-7-5-3-4-6-7;1-2;/h2-6H,1H3;3-5H,2,6H2,1H3;1-2H3;1H/i;;;1+1D. The third-order valence-corrected chi connectivity index (χ3v) is 2.24. The Morgan fingerprint density at radius 2 is 1.81 bits per heavy atom. The average Bonchev–Trinajstić information content (AvgIpc) is 2.98. The summed E-state index contributed by atoms with van der Waals surface area (Å²) in [5.74, 6) is 0. The number of allylic oxidation sites excluding steroid dienone is 4. The van der Waals surface area contributed by atoms with Gasteiger partial charge in [-0.3, -0.25) is 0 Å². The maximum Gasteiger partial charge on any atom is 0 e. The molecule has 1 aliphatic rings. The van der Waals surface area contributed by atoms with Gasteiger partial charge in [-0.05, 0) is 19.8 Å². The van der Waals surface area contributed by atoms with E-state index in [9.17, 15) is 0 Å². The highest BCUT2D eigenvalue weighted by atomic mass is 14.0. The molecule has 0 saturated carbocycles. The van der Waals surface area contributed by atoms with E-state index in [-0.39, 0.29) is 0 Å². The first-order valence-corrected chi connectivity index (χ1v) is 6.19. The summed E-state index contributed by atoms with van der Waals surface area (Å²) in [6.07, 6.45) is 8.92. The molecule has 0 aromatic heterocycles. The van der Waals surface area contributed by atoms with E-state index in [1.807, 2.05) is 32.0 Å². The first kappa shape index (κ1) is 12.8. The van der Waals surface area contributed by atoms with Gasteiger partial charge < -0.3 is 0 Å². The zero-order valence-electron chi connectivity index (χ0n) is 13.0. The van der Waals surface area contributed by atoms with Crippen molar-refractivity contribution in [1.82, 2.24) is 0 Å². The zero-order chi connectivity index (χ0) is 14.2. The number of benzene rings is 1. The minimum absolute atomic E-state index is 1.19. The van der Waals surface area contributed by atoms with Crippen LogP contribution in [-0.2, 0) is 0 Å². The van der Waals surface area contributed by atoms with E-state index in [2.05, 4.69) is 44.2 Å². The van der Waals surface area contributed by atoms with Crippen LogP contribution in [0.15, 0.2) is 54.1 Å². The monoisotopic (exact) mass is 220 g/mol. The Labute approximate surface area is 104 Å². The molecular weight excluding hydrogens is 192 g/mol. The number of aryl methyl sites for hydroxylation is 1. The molecule has 1 aromatic carbocycles.